The molecule has 0 radical (unpaired) electrons. The van der Waals surface area contributed by atoms with Gasteiger partial charge in [-0.3, -0.25) is 0 Å². The quantitative estimate of drug-likeness (QED) is 0.363. The summed E-state index contributed by atoms with van der Waals surface area (Å²) in [5.74, 6) is 0. The number of aryl methyl sites for hydroxylation is 1. The van der Waals surface area contributed by atoms with Crippen molar-refractivity contribution in [2.45, 2.75) is 6.92 Å². The van der Waals surface area contributed by atoms with E-state index in [-0.39, 0.29) is 71.3 Å². The van der Waals surface area contributed by atoms with Gasteiger partial charge in [-0.05, 0) is 6.92 Å². The summed E-state index contributed by atoms with van der Waals surface area (Å²) in [4.78, 5) is 0. The Kier molecular flexibility index (Phi) is 15.6. The van der Waals surface area contributed by atoms with Crippen molar-refractivity contribution < 1.29 is 48.2 Å². The Morgan fingerprint density at radius 3 is 2.06 bits per heavy atom. The molecule has 0 unspecified atom stereocenters. The first-order valence-corrected chi connectivity index (χ1v) is 4.40. The number of rotatable bonds is 1. The number of hydrogen-bond donors (Lipinski definition) is 0. The standard InChI is InChI=1S/C13H11.BrH.ClH.Li.Mg/c1-11-7-5-6-10-13(11)12-8-3-2-4-9-12;;;;/h2-8,10H,1H3;2*1H;;/q-1;;;+1;+2/p-2. The fourth-order valence-corrected chi connectivity index (χ4v) is 1.44. The molecule has 2 aromatic rings. The second-order valence-electron chi connectivity index (χ2n) is 3.09. The minimum absolute atomic E-state index is 0. The van der Waals surface area contributed by atoms with Crippen LogP contribution in [0.2, 0.25) is 0 Å². The Hall–Kier alpha value is 0.574. The van der Waals surface area contributed by atoms with Gasteiger partial charge in [0.25, 0.3) is 0 Å². The van der Waals surface area contributed by atoms with Crippen LogP contribution >= 0.6 is 0 Å². The smallest absolute Gasteiger partial charge is 1.00 e. The van der Waals surface area contributed by atoms with Crippen LogP contribution in [0.1, 0.15) is 5.56 Å². The molecule has 0 amide bonds. The SMILES string of the molecule is Cc1ccccc1-c1[c-]cccc1.[Br-].[Cl-].[Li+].[Mg+2]. The fraction of sp³-hybridized carbons (Fsp3) is 0.0769. The molecule has 0 aliphatic rings. The topological polar surface area (TPSA) is 0 Å². The van der Waals surface area contributed by atoms with Gasteiger partial charge in [-0.2, -0.15) is 0 Å². The molecule has 0 fully saturated rings. The van der Waals surface area contributed by atoms with Gasteiger partial charge in [0, 0.05) is 0 Å². The Balaban J connectivity index is -0.000000490. The average Bonchev–Trinajstić information content (AvgIpc) is 2.20. The fourth-order valence-electron chi connectivity index (χ4n) is 1.44. The molecule has 2 aromatic carbocycles. The van der Waals surface area contributed by atoms with Gasteiger partial charge in [0.2, 0.25) is 0 Å². The Labute approximate surface area is 148 Å². The van der Waals surface area contributed by atoms with Crippen LogP contribution < -0.4 is 48.2 Å². The van der Waals surface area contributed by atoms with Crippen molar-refractivity contribution in [1.82, 2.24) is 0 Å². The normalized spacial score (nSPS) is 7.59. The van der Waals surface area contributed by atoms with Crippen LogP contribution in [-0.2, 0) is 0 Å². The van der Waals surface area contributed by atoms with Crippen LogP contribution in [0.15, 0.2) is 48.5 Å². The summed E-state index contributed by atoms with van der Waals surface area (Å²) in [6.07, 6.45) is 0. The van der Waals surface area contributed by atoms with E-state index in [0.29, 0.717) is 0 Å². The van der Waals surface area contributed by atoms with E-state index in [1.54, 1.807) is 0 Å². The largest absolute Gasteiger partial charge is 2.00 e. The molecule has 0 heterocycles. The number of hydrogen-bond acceptors (Lipinski definition) is 0. The maximum atomic E-state index is 3.23. The first-order chi connectivity index (χ1) is 6.38. The first kappa shape index (κ1) is 22.7. The Morgan fingerprint density at radius 1 is 0.941 bits per heavy atom. The van der Waals surface area contributed by atoms with Gasteiger partial charge < -0.3 is 29.4 Å². The molecule has 0 nitrogen and oxygen atoms in total. The molecule has 0 N–H and O–H groups in total. The molecule has 0 aromatic heterocycles. The summed E-state index contributed by atoms with van der Waals surface area (Å²) in [5.41, 5.74) is 3.73. The van der Waals surface area contributed by atoms with Crippen molar-refractivity contribution in [3.63, 3.8) is 0 Å². The predicted molar refractivity (Wildman–Crippen MR) is 61.2 cm³/mol. The molecule has 0 bridgehead atoms. The molecule has 2 rings (SSSR count). The maximum Gasteiger partial charge on any atom is 2.00 e. The van der Waals surface area contributed by atoms with E-state index in [1.165, 1.54) is 16.7 Å². The summed E-state index contributed by atoms with van der Waals surface area (Å²) in [5, 5.41) is 0. The van der Waals surface area contributed by atoms with E-state index in [9.17, 15) is 0 Å². The van der Waals surface area contributed by atoms with Gasteiger partial charge in [0.05, 0.1) is 0 Å². The zero-order chi connectivity index (χ0) is 9.10. The molecule has 0 aliphatic carbocycles. The molecular formula is C13H11BrClLiMg. The van der Waals surface area contributed by atoms with Gasteiger partial charge in [-0.25, -0.2) is 0 Å². The van der Waals surface area contributed by atoms with E-state index in [2.05, 4.69) is 43.3 Å². The van der Waals surface area contributed by atoms with Crippen molar-refractivity contribution in [1.29, 1.82) is 0 Å². The summed E-state index contributed by atoms with van der Waals surface area (Å²) >= 11 is 0. The molecule has 80 valence electrons. The second-order valence-corrected chi connectivity index (χ2v) is 3.09. The molecule has 0 aliphatic heterocycles. The van der Waals surface area contributed by atoms with Gasteiger partial charge in [0.1, 0.15) is 0 Å². The number of halogens is 2. The minimum atomic E-state index is 0. The monoisotopic (exact) mass is 312 g/mol. The third-order valence-electron chi connectivity index (χ3n) is 2.14. The van der Waals surface area contributed by atoms with Crippen LogP contribution in [0.4, 0.5) is 0 Å². The van der Waals surface area contributed by atoms with Gasteiger partial charge in [-0.15, -0.1) is 35.9 Å². The summed E-state index contributed by atoms with van der Waals surface area (Å²) in [6.45, 7) is 2.12. The molecule has 0 saturated heterocycles. The van der Waals surface area contributed by atoms with Crippen molar-refractivity contribution in [3.8, 4) is 11.1 Å². The van der Waals surface area contributed by atoms with E-state index < -0.39 is 0 Å². The van der Waals surface area contributed by atoms with Crippen molar-refractivity contribution in [2.75, 3.05) is 0 Å². The zero-order valence-electron chi connectivity index (χ0n) is 10.1. The minimum Gasteiger partial charge on any atom is -1.00 e. The van der Waals surface area contributed by atoms with Crippen LogP contribution in [-0.4, -0.2) is 23.1 Å². The van der Waals surface area contributed by atoms with Gasteiger partial charge >= 0.3 is 41.9 Å². The Bertz CT molecular complexity index is 409. The third kappa shape index (κ3) is 6.33. The maximum absolute atomic E-state index is 3.23. The molecular weight excluding hydrogens is 303 g/mol. The summed E-state index contributed by atoms with van der Waals surface area (Å²) < 4.78 is 0. The predicted octanol–water partition coefficient (Wildman–Crippen LogP) is -5.91. The van der Waals surface area contributed by atoms with E-state index in [4.69, 9.17) is 0 Å². The van der Waals surface area contributed by atoms with E-state index in [1.807, 2.05) is 18.2 Å². The van der Waals surface area contributed by atoms with Gasteiger partial charge in [-0.1, -0.05) is 35.4 Å². The molecule has 17 heavy (non-hydrogen) atoms. The Morgan fingerprint density at radius 2 is 1.53 bits per heavy atom. The second kappa shape index (κ2) is 11.7. The van der Waals surface area contributed by atoms with Crippen molar-refractivity contribution in [2.24, 2.45) is 0 Å². The van der Waals surface area contributed by atoms with Crippen LogP contribution in [0.5, 0.6) is 0 Å². The molecule has 0 spiro atoms. The van der Waals surface area contributed by atoms with E-state index in [0.717, 1.165) is 0 Å². The zero-order valence-corrected chi connectivity index (χ0v) is 13.8. The third-order valence-corrected chi connectivity index (χ3v) is 2.14. The first-order valence-electron chi connectivity index (χ1n) is 4.40. The van der Waals surface area contributed by atoms with Crippen molar-refractivity contribution >= 4 is 23.1 Å². The molecule has 0 atom stereocenters. The van der Waals surface area contributed by atoms with E-state index >= 15 is 0 Å². The van der Waals surface area contributed by atoms with Gasteiger partial charge in [0.15, 0.2) is 0 Å². The summed E-state index contributed by atoms with van der Waals surface area (Å²) in [7, 11) is 0. The van der Waals surface area contributed by atoms with Crippen molar-refractivity contribution in [3.05, 3.63) is 60.2 Å². The van der Waals surface area contributed by atoms with Crippen LogP contribution in [0.25, 0.3) is 11.1 Å². The van der Waals surface area contributed by atoms with Crippen LogP contribution in [0, 0.1) is 13.0 Å². The van der Waals surface area contributed by atoms with Crippen LogP contribution in [0.3, 0.4) is 0 Å². The average molecular weight is 314 g/mol. The number of benzene rings is 2. The molecule has 0 saturated carbocycles. The summed E-state index contributed by atoms with van der Waals surface area (Å²) in [6, 6.07) is 19.6. The molecule has 4 heteroatoms.